The molecule has 0 bridgehead atoms. The topological polar surface area (TPSA) is 91.0 Å². The summed E-state index contributed by atoms with van der Waals surface area (Å²) in [5.41, 5.74) is 1.91. The SMILES string of the molecule is O=C1OC(c2cccc(F)c2)=N/C1=C\c1cccc(OCc2ccc([N+](=O)[O-])cc2)c1. The van der Waals surface area contributed by atoms with Crippen LogP contribution in [-0.4, -0.2) is 16.8 Å². The molecule has 31 heavy (non-hydrogen) atoms. The second kappa shape index (κ2) is 8.58. The largest absolute Gasteiger partial charge is 0.489 e. The van der Waals surface area contributed by atoms with Crippen LogP contribution in [0.5, 0.6) is 5.75 Å². The van der Waals surface area contributed by atoms with Crippen molar-refractivity contribution >= 4 is 23.6 Å². The molecule has 1 heterocycles. The number of hydrogen-bond donors (Lipinski definition) is 0. The summed E-state index contributed by atoms with van der Waals surface area (Å²) in [6.07, 6.45) is 1.55. The predicted octanol–water partition coefficient (Wildman–Crippen LogP) is 4.66. The lowest BCUT2D eigenvalue weighted by atomic mass is 10.2. The molecule has 0 radical (unpaired) electrons. The number of benzene rings is 3. The van der Waals surface area contributed by atoms with Crippen molar-refractivity contribution in [3.05, 3.63) is 111 Å². The Morgan fingerprint density at radius 2 is 1.84 bits per heavy atom. The molecule has 0 unspecified atom stereocenters. The molecule has 0 spiro atoms. The monoisotopic (exact) mass is 418 g/mol. The molecule has 0 aromatic heterocycles. The van der Waals surface area contributed by atoms with Crippen molar-refractivity contribution in [1.82, 2.24) is 0 Å². The van der Waals surface area contributed by atoms with Gasteiger partial charge in [-0.3, -0.25) is 10.1 Å². The zero-order valence-electron chi connectivity index (χ0n) is 16.0. The fourth-order valence-electron chi connectivity index (χ4n) is 2.89. The zero-order chi connectivity index (χ0) is 21.8. The van der Waals surface area contributed by atoms with Gasteiger partial charge in [-0.2, -0.15) is 0 Å². The van der Waals surface area contributed by atoms with Crippen LogP contribution < -0.4 is 4.74 Å². The molecule has 0 saturated heterocycles. The number of carbonyl (C=O) groups excluding carboxylic acids is 1. The van der Waals surface area contributed by atoms with E-state index in [9.17, 15) is 19.3 Å². The molecule has 0 aliphatic carbocycles. The van der Waals surface area contributed by atoms with Crippen molar-refractivity contribution in [2.75, 3.05) is 0 Å². The number of esters is 1. The summed E-state index contributed by atoms with van der Waals surface area (Å²) in [7, 11) is 0. The maximum atomic E-state index is 13.4. The first-order valence-electron chi connectivity index (χ1n) is 9.23. The van der Waals surface area contributed by atoms with Gasteiger partial charge in [-0.05, 0) is 59.7 Å². The first-order chi connectivity index (χ1) is 15.0. The van der Waals surface area contributed by atoms with Gasteiger partial charge in [-0.25, -0.2) is 14.2 Å². The Kier molecular flexibility index (Phi) is 5.53. The van der Waals surface area contributed by atoms with Gasteiger partial charge < -0.3 is 9.47 Å². The van der Waals surface area contributed by atoms with E-state index in [1.165, 1.54) is 30.3 Å². The number of ether oxygens (including phenoxy) is 2. The van der Waals surface area contributed by atoms with Gasteiger partial charge in [-0.15, -0.1) is 0 Å². The average Bonchev–Trinajstić information content (AvgIpc) is 3.13. The van der Waals surface area contributed by atoms with Crippen LogP contribution in [0.3, 0.4) is 0 Å². The predicted molar refractivity (Wildman–Crippen MR) is 111 cm³/mol. The number of nitro groups is 1. The summed E-state index contributed by atoms with van der Waals surface area (Å²) < 4.78 is 24.3. The minimum atomic E-state index is -0.628. The number of carbonyl (C=O) groups is 1. The molecule has 1 aliphatic rings. The van der Waals surface area contributed by atoms with Crippen molar-refractivity contribution in [3.63, 3.8) is 0 Å². The van der Waals surface area contributed by atoms with Crippen LogP contribution in [0, 0.1) is 15.9 Å². The third-order valence-corrected chi connectivity index (χ3v) is 4.41. The van der Waals surface area contributed by atoms with Crippen LogP contribution in [0.2, 0.25) is 0 Å². The summed E-state index contributed by atoms with van der Waals surface area (Å²) in [5, 5.41) is 10.7. The lowest BCUT2D eigenvalue weighted by Crippen LogP contribution is -2.05. The fourth-order valence-corrected chi connectivity index (χ4v) is 2.89. The summed E-state index contributed by atoms with van der Waals surface area (Å²) in [5.74, 6) is -0.488. The molecule has 0 amide bonds. The van der Waals surface area contributed by atoms with Crippen LogP contribution in [0.15, 0.2) is 83.5 Å². The molecule has 154 valence electrons. The Bertz CT molecular complexity index is 1220. The van der Waals surface area contributed by atoms with Crippen LogP contribution in [-0.2, 0) is 16.1 Å². The highest BCUT2D eigenvalue weighted by molar-refractivity contribution is 6.12. The van der Waals surface area contributed by atoms with E-state index in [1.807, 2.05) is 0 Å². The first-order valence-corrected chi connectivity index (χ1v) is 9.23. The molecular weight excluding hydrogens is 403 g/mol. The van der Waals surface area contributed by atoms with E-state index in [2.05, 4.69) is 4.99 Å². The van der Waals surface area contributed by atoms with Gasteiger partial charge in [-0.1, -0.05) is 18.2 Å². The fraction of sp³-hybridized carbons (Fsp3) is 0.0435. The normalized spacial score (nSPS) is 14.3. The molecule has 1 aliphatic heterocycles. The number of aliphatic imine (C=N–C) groups is 1. The second-order valence-corrected chi connectivity index (χ2v) is 6.63. The highest BCUT2D eigenvalue weighted by Crippen LogP contribution is 2.22. The van der Waals surface area contributed by atoms with E-state index in [-0.39, 0.29) is 23.9 Å². The van der Waals surface area contributed by atoms with E-state index in [4.69, 9.17) is 9.47 Å². The lowest BCUT2D eigenvalue weighted by molar-refractivity contribution is -0.384. The Balaban J connectivity index is 1.48. The van der Waals surface area contributed by atoms with Crippen molar-refractivity contribution in [2.45, 2.75) is 6.61 Å². The molecule has 0 N–H and O–H groups in total. The highest BCUT2D eigenvalue weighted by atomic mass is 19.1. The van der Waals surface area contributed by atoms with Gasteiger partial charge in [0.05, 0.1) is 4.92 Å². The molecule has 7 nitrogen and oxygen atoms in total. The van der Waals surface area contributed by atoms with Crippen LogP contribution in [0.1, 0.15) is 16.7 Å². The molecular formula is C23H15FN2O5. The minimum absolute atomic E-state index is 0.0130. The van der Waals surface area contributed by atoms with Crippen molar-refractivity contribution < 1.29 is 23.6 Å². The minimum Gasteiger partial charge on any atom is -0.489 e. The van der Waals surface area contributed by atoms with E-state index < -0.39 is 16.7 Å². The Hall–Kier alpha value is -4.33. The van der Waals surface area contributed by atoms with E-state index in [1.54, 1.807) is 48.5 Å². The summed E-state index contributed by atoms with van der Waals surface area (Å²) in [4.78, 5) is 26.6. The number of nitro benzene ring substituents is 1. The number of non-ortho nitro benzene ring substituents is 1. The van der Waals surface area contributed by atoms with E-state index in [0.29, 0.717) is 16.9 Å². The van der Waals surface area contributed by atoms with Gasteiger partial charge in [0.15, 0.2) is 5.70 Å². The summed E-state index contributed by atoms with van der Waals surface area (Å²) >= 11 is 0. The summed E-state index contributed by atoms with van der Waals surface area (Å²) in [6.45, 7) is 0.224. The van der Waals surface area contributed by atoms with Crippen LogP contribution >= 0.6 is 0 Å². The van der Waals surface area contributed by atoms with Gasteiger partial charge in [0, 0.05) is 17.7 Å². The Labute approximate surface area is 176 Å². The molecule has 4 rings (SSSR count). The number of hydrogen-bond acceptors (Lipinski definition) is 6. The molecule has 3 aromatic rings. The zero-order valence-corrected chi connectivity index (χ0v) is 16.0. The standard InChI is InChI=1S/C23H15FN2O5/c24-18-5-2-4-17(13-18)22-25-21(23(27)31-22)12-16-3-1-6-20(11-16)30-14-15-7-9-19(10-8-15)26(28)29/h1-13H,14H2/b21-12-. The molecule has 0 atom stereocenters. The highest BCUT2D eigenvalue weighted by Gasteiger charge is 2.24. The molecule has 0 saturated carbocycles. The van der Waals surface area contributed by atoms with Crippen molar-refractivity contribution in [2.24, 2.45) is 4.99 Å². The average molecular weight is 418 g/mol. The van der Waals surface area contributed by atoms with Gasteiger partial charge in [0.25, 0.3) is 5.69 Å². The lowest BCUT2D eigenvalue weighted by Gasteiger charge is -2.07. The van der Waals surface area contributed by atoms with E-state index >= 15 is 0 Å². The first kappa shape index (κ1) is 20.0. The maximum Gasteiger partial charge on any atom is 0.363 e. The maximum absolute atomic E-state index is 13.4. The Morgan fingerprint density at radius 1 is 1.06 bits per heavy atom. The third-order valence-electron chi connectivity index (χ3n) is 4.41. The number of cyclic esters (lactones) is 1. The molecule has 0 fully saturated rings. The molecule has 8 heteroatoms. The smallest absolute Gasteiger partial charge is 0.363 e. The quantitative estimate of drug-likeness (QED) is 0.251. The molecule has 3 aromatic carbocycles. The van der Waals surface area contributed by atoms with Gasteiger partial charge >= 0.3 is 5.97 Å². The van der Waals surface area contributed by atoms with Crippen LogP contribution in [0.4, 0.5) is 10.1 Å². The van der Waals surface area contributed by atoms with Gasteiger partial charge in [0.2, 0.25) is 5.90 Å². The third kappa shape index (κ3) is 4.81. The van der Waals surface area contributed by atoms with Gasteiger partial charge in [0.1, 0.15) is 18.2 Å². The van der Waals surface area contributed by atoms with E-state index in [0.717, 1.165) is 5.56 Å². The number of halogens is 1. The summed E-state index contributed by atoms with van der Waals surface area (Å²) in [6, 6.07) is 18.7. The Morgan fingerprint density at radius 3 is 2.58 bits per heavy atom. The second-order valence-electron chi connectivity index (χ2n) is 6.63. The van der Waals surface area contributed by atoms with Crippen molar-refractivity contribution in [3.8, 4) is 5.75 Å². The van der Waals surface area contributed by atoms with Crippen molar-refractivity contribution in [1.29, 1.82) is 0 Å². The van der Waals surface area contributed by atoms with Crippen LogP contribution in [0.25, 0.3) is 6.08 Å². The number of rotatable bonds is 6. The number of nitrogens with zero attached hydrogens (tertiary/aromatic N) is 2.